The zero-order valence-corrected chi connectivity index (χ0v) is 11.7. The molecule has 0 spiro atoms. The van der Waals surface area contributed by atoms with Crippen molar-refractivity contribution in [3.8, 4) is 0 Å². The Morgan fingerprint density at radius 1 is 1.15 bits per heavy atom. The van der Waals surface area contributed by atoms with Crippen LogP contribution >= 0.6 is 0 Å². The fourth-order valence-corrected chi connectivity index (χ4v) is 2.37. The van der Waals surface area contributed by atoms with Crippen LogP contribution in [-0.2, 0) is 16.4 Å². The summed E-state index contributed by atoms with van der Waals surface area (Å²) in [7, 11) is -3.19. The fourth-order valence-electron chi connectivity index (χ4n) is 1.74. The molecule has 0 saturated heterocycles. The van der Waals surface area contributed by atoms with Gasteiger partial charge in [-0.05, 0) is 29.8 Å². The molecule has 0 fully saturated rings. The van der Waals surface area contributed by atoms with E-state index in [9.17, 15) is 12.8 Å². The Balaban J connectivity index is 2.10. The van der Waals surface area contributed by atoms with Crippen molar-refractivity contribution in [1.29, 1.82) is 0 Å². The van der Waals surface area contributed by atoms with Crippen molar-refractivity contribution in [2.75, 3.05) is 17.3 Å². The first-order valence-corrected chi connectivity index (χ1v) is 7.84. The maximum absolute atomic E-state index is 13.3. The van der Waals surface area contributed by atoms with Crippen LogP contribution in [0.2, 0.25) is 0 Å². The lowest BCUT2D eigenvalue weighted by molar-refractivity contribution is 0.602. The molecule has 20 heavy (non-hydrogen) atoms. The van der Waals surface area contributed by atoms with E-state index < -0.39 is 15.7 Å². The average Bonchev–Trinajstić information content (AvgIpc) is 2.40. The number of nitrogens with one attached hydrogen (secondary N) is 1. The molecule has 0 aliphatic rings. The number of hydrogen-bond donors (Lipinski definition) is 2. The molecule has 0 bridgehead atoms. The lowest BCUT2D eigenvalue weighted by Crippen LogP contribution is -2.04. The van der Waals surface area contributed by atoms with Gasteiger partial charge in [0.25, 0.3) is 0 Å². The molecule has 0 amide bonds. The van der Waals surface area contributed by atoms with Gasteiger partial charge in [-0.25, -0.2) is 12.8 Å². The van der Waals surface area contributed by atoms with E-state index in [1.807, 2.05) is 0 Å². The minimum atomic E-state index is -3.19. The second kappa shape index (κ2) is 5.50. The van der Waals surface area contributed by atoms with E-state index in [-0.39, 0.29) is 10.6 Å². The van der Waals surface area contributed by atoms with Gasteiger partial charge in [-0.2, -0.15) is 0 Å². The molecule has 0 saturated carbocycles. The third kappa shape index (κ3) is 3.27. The van der Waals surface area contributed by atoms with E-state index >= 15 is 0 Å². The first-order chi connectivity index (χ1) is 9.38. The van der Waals surface area contributed by atoms with Gasteiger partial charge in [0.2, 0.25) is 0 Å². The third-order valence-corrected chi connectivity index (χ3v) is 4.02. The summed E-state index contributed by atoms with van der Waals surface area (Å²) in [5.41, 5.74) is 7.07. The molecule has 0 aromatic heterocycles. The molecule has 4 nitrogen and oxygen atoms in total. The molecule has 0 radical (unpaired) electrons. The molecule has 2 aromatic rings. The SMILES string of the molecule is CS(=O)(=O)c1ccc(CNc2cccc(F)c2N)cc1. The largest absolute Gasteiger partial charge is 0.395 e. The molecule has 6 heteroatoms. The van der Waals surface area contributed by atoms with E-state index in [0.717, 1.165) is 11.8 Å². The number of nitrogens with two attached hydrogens (primary N) is 1. The van der Waals surface area contributed by atoms with Crippen LogP contribution < -0.4 is 11.1 Å². The molecule has 0 aliphatic heterocycles. The fraction of sp³-hybridized carbons (Fsp3) is 0.143. The molecule has 0 heterocycles. The van der Waals surface area contributed by atoms with E-state index in [2.05, 4.69) is 5.32 Å². The summed E-state index contributed by atoms with van der Waals surface area (Å²) < 4.78 is 35.9. The Kier molecular flexibility index (Phi) is 3.94. The molecule has 0 atom stereocenters. The summed E-state index contributed by atoms with van der Waals surface area (Å²) in [6.07, 6.45) is 1.16. The highest BCUT2D eigenvalue weighted by Gasteiger charge is 2.07. The molecule has 0 unspecified atom stereocenters. The summed E-state index contributed by atoms with van der Waals surface area (Å²) >= 11 is 0. The normalized spacial score (nSPS) is 11.3. The van der Waals surface area contributed by atoms with Crippen LogP contribution in [-0.4, -0.2) is 14.7 Å². The van der Waals surface area contributed by atoms with E-state index in [4.69, 9.17) is 5.73 Å². The number of rotatable bonds is 4. The number of hydrogen-bond acceptors (Lipinski definition) is 4. The Labute approximate surface area is 117 Å². The average molecular weight is 294 g/mol. The smallest absolute Gasteiger partial charge is 0.175 e. The third-order valence-electron chi connectivity index (χ3n) is 2.89. The summed E-state index contributed by atoms with van der Waals surface area (Å²) in [6, 6.07) is 11.0. The molecular weight excluding hydrogens is 279 g/mol. The zero-order valence-electron chi connectivity index (χ0n) is 10.9. The predicted octanol–water partition coefficient (Wildman–Crippen LogP) is 2.42. The van der Waals surface area contributed by atoms with Gasteiger partial charge < -0.3 is 11.1 Å². The topological polar surface area (TPSA) is 72.2 Å². The van der Waals surface area contributed by atoms with Gasteiger partial charge in [-0.15, -0.1) is 0 Å². The van der Waals surface area contributed by atoms with Gasteiger partial charge in [-0.3, -0.25) is 0 Å². The van der Waals surface area contributed by atoms with Crippen LogP contribution in [0.5, 0.6) is 0 Å². The summed E-state index contributed by atoms with van der Waals surface area (Å²) in [5.74, 6) is -0.470. The molecule has 2 aromatic carbocycles. The number of halogens is 1. The highest BCUT2D eigenvalue weighted by atomic mass is 32.2. The second-order valence-corrected chi connectivity index (χ2v) is 6.49. The second-order valence-electron chi connectivity index (χ2n) is 4.47. The number of para-hydroxylation sites is 1. The van der Waals surface area contributed by atoms with Crippen molar-refractivity contribution in [3.05, 3.63) is 53.8 Å². The maximum atomic E-state index is 13.3. The lowest BCUT2D eigenvalue weighted by Gasteiger charge is -2.10. The van der Waals surface area contributed by atoms with Gasteiger partial charge in [0.15, 0.2) is 9.84 Å². The number of nitrogen functional groups attached to an aromatic ring is 1. The number of sulfone groups is 1. The Morgan fingerprint density at radius 3 is 2.40 bits per heavy atom. The molecule has 3 N–H and O–H groups in total. The summed E-state index contributed by atoms with van der Waals surface area (Å²) in [4.78, 5) is 0.270. The molecule has 2 rings (SSSR count). The van der Waals surface area contributed by atoms with Crippen molar-refractivity contribution in [3.63, 3.8) is 0 Å². The van der Waals surface area contributed by atoms with Crippen molar-refractivity contribution in [2.24, 2.45) is 0 Å². The maximum Gasteiger partial charge on any atom is 0.175 e. The van der Waals surface area contributed by atoms with Gasteiger partial charge >= 0.3 is 0 Å². The van der Waals surface area contributed by atoms with Crippen LogP contribution in [0.4, 0.5) is 15.8 Å². The van der Waals surface area contributed by atoms with Gasteiger partial charge in [0.1, 0.15) is 5.82 Å². The molecule has 106 valence electrons. The van der Waals surface area contributed by atoms with Gasteiger partial charge in [0, 0.05) is 12.8 Å². The van der Waals surface area contributed by atoms with E-state index in [0.29, 0.717) is 12.2 Å². The van der Waals surface area contributed by atoms with Crippen LogP contribution in [0, 0.1) is 5.82 Å². The lowest BCUT2D eigenvalue weighted by atomic mass is 10.2. The highest BCUT2D eigenvalue weighted by Crippen LogP contribution is 2.22. The minimum absolute atomic E-state index is 0.0697. The zero-order chi connectivity index (χ0) is 14.8. The van der Waals surface area contributed by atoms with Gasteiger partial charge in [-0.1, -0.05) is 18.2 Å². The molecule has 0 aliphatic carbocycles. The number of anilines is 2. The monoisotopic (exact) mass is 294 g/mol. The van der Waals surface area contributed by atoms with Crippen molar-refractivity contribution in [2.45, 2.75) is 11.4 Å². The van der Waals surface area contributed by atoms with Gasteiger partial charge in [0.05, 0.1) is 16.3 Å². The quantitative estimate of drug-likeness (QED) is 0.849. The van der Waals surface area contributed by atoms with Crippen molar-refractivity contribution in [1.82, 2.24) is 0 Å². The van der Waals surface area contributed by atoms with E-state index in [1.54, 1.807) is 36.4 Å². The van der Waals surface area contributed by atoms with Crippen LogP contribution in [0.1, 0.15) is 5.56 Å². The van der Waals surface area contributed by atoms with Crippen molar-refractivity contribution < 1.29 is 12.8 Å². The standard InChI is InChI=1S/C14H15FN2O2S/c1-20(18,19)11-7-5-10(6-8-11)9-17-13-4-2-3-12(15)14(13)16/h2-8,17H,9,16H2,1H3. The summed E-state index contributed by atoms with van der Waals surface area (Å²) in [6.45, 7) is 0.428. The highest BCUT2D eigenvalue weighted by molar-refractivity contribution is 7.90. The predicted molar refractivity (Wildman–Crippen MR) is 77.7 cm³/mol. The van der Waals surface area contributed by atoms with Crippen molar-refractivity contribution >= 4 is 21.2 Å². The summed E-state index contributed by atoms with van der Waals surface area (Å²) in [5, 5.41) is 3.01. The van der Waals surface area contributed by atoms with Crippen LogP contribution in [0.25, 0.3) is 0 Å². The molecular formula is C14H15FN2O2S. The number of benzene rings is 2. The Morgan fingerprint density at radius 2 is 1.80 bits per heavy atom. The van der Waals surface area contributed by atoms with Crippen LogP contribution in [0.3, 0.4) is 0 Å². The van der Waals surface area contributed by atoms with E-state index in [1.165, 1.54) is 6.07 Å². The Hall–Kier alpha value is -2.08. The first kappa shape index (κ1) is 14.3. The minimum Gasteiger partial charge on any atom is -0.395 e. The first-order valence-electron chi connectivity index (χ1n) is 5.95. The van der Waals surface area contributed by atoms with Crippen LogP contribution in [0.15, 0.2) is 47.4 Å². The Bertz CT molecular complexity index is 712.